The van der Waals surface area contributed by atoms with Crippen LogP contribution in [0.5, 0.6) is 0 Å². The molecule has 88 valence electrons. The molecule has 2 heterocycles. The first-order chi connectivity index (χ1) is 7.61. The predicted octanol–water partition coefficient (Wildman–Crippen LogP) is -1.35. The maximum absolute atomic E-state index is 11.6. The van der Waals surface area contributed by atoms with Crippen molar-refractivity contribution in [2.45, 2.75) is 11.4 Å². The maximum atomic E-state index is 11.6. The number of rotatable bonds is 2. The predicted molar refractivity (Wildman–Crippen MR) is 57.2 cm³/mol. The lowest BCUT2D eigenvalue weighted by atomic mass is 10.0. The van der Waals surface area contributed by atoms with E-state index in [0.29, 0.717) is 11.3 Å². The lowest BCUT2D eigenvalue weighted by Gasteiger charge is -2.48. The Hall–Kier alpha value is -1.05. The molecular formula is C9H12N2O4S. The van der Waals surface area contributed by atoms with Crippen molar-refractivity contribution >= 4 is 23.6 Å². The molecule has 0 aromatic carbocycles. The number of hydrogen-bond donors (Lipinski definition) is 2. The van der Waals surface area contributed by atoms with E-state index in [1.165, 1.54) is 23.8 Å². The number of β-lactam (4-membered cyclic amide) rings is 1. The third-order valence-electron chi connectivity index (χ3n) is 2.66. The number of aliphatic hydroxyl groups excluding tert-OH is 1. The highest BCUT2D eigenvalue weighted by atomic mass is 32.2. The molecule has 0 spiro atoms. The van der Waals surface area contributed by atoms with E-state index in [0.717, 1.165) is 0 Å². The van der Waals surface area contributed by atoms with Gasteiger partial charge in [0.2, 0.25) is 5.91 Å². The molecule has 16 heavy (non-hydrogen) atoms. The molecule has 0 aromatic heterocycles. The summed E-state index contributed by atoms with van der Waals surface area (Å²) in [5, 5.41) is 8.93. The number of hydrogen-bond acceptors (Lipinski definition) is 6. The van der Waals surface area contributed by atoms with E-state index in [2.05, 4.69) is 4.74 Å². The highest BCUT2D eigenvalue weighted by Crippen LogP contribution is 2.39. The van der Waals surface area contributed by atoms with Crippen LogP contribution in [0.1, 0.15) is 0 Å². The van der Waals surface area contributed by atoms with E-state index in [9.17, 15) is 9.59 Å². The molecule has 2 rings (SSSR count). The number of esters is 1. The maximum Gasteiger partial charge on any atom is 0.354 e. The van der Waals surface area contributed by atoms with Gasteiger partial charge in [-0.25, -0.2) is 4.79 Å². The van der Waals surface area contributed by atoms with Gasteiger partial charge in [0.15, 0.2) is 0 Å². The second-order valence-corrected chi connectivity index (χ2v) is 4.64. The van der Waals surface area contributed by atoms with Crippen LogP contribution in [-0.4, -0.2) is 52.8 Å². The SMILES string of the molecule is COC(=O)C1=C(CO)CS[C@@H]2[C@H](N)C(=O)N12. The van der Waals surface area contributed by atoms with Crippen molar-refractivity contribution in [1.82, 2.24) is 4.90 Å². The number of thioether (sulfide) groups is 1. The summed E-state index contributed by atoms with van der Waals surface area (Å²) in [4.78, 5) is 24.4. The van der Waals surface area contributed by atoms with Crippen molar-refractivity contribution < 1.29 is 19.4 Å². The first-order valence-corrected chi connectivity index (χ1v) is 5.78. The highest BCUT2D eigenvalue weighted by Gasteiger charge is 2.51. The molecule has 2 atom stereocenters. The summed E-state index contributed by atoms with van der Waals surface area (Å²) >= 11 is 1.44. The molecule has 0 aliphatic carbocycles. The minimum Gasteiger partial charge on any atom is -0.464 e. The Morgan fingerprint density at radius 1 is 1.75 bits per heavy atom. The van der Waals surface area contributed by atoms with Crippen molar-refractivity contribution in [3.05, 3.63) is 11.3 Å². The molecule has 2 aliphatic rings. The summed E-state index contributed by atoms with van der Waals surface area (Å²) in [6.07, 6.45) is 0. The van der Waals surface area contributed by atoms with E-state index in [4.69, 9.17) is 10.8 Å². The molecule has 1 fully saturated rings. The molecule has 3 N–H and O–H groups in total. The van der Waals surface area contributed by atoms with Crippen molar-refractivity contribution in [2.24, 2.45) is 5.73 Å². The van der Waals surface area contributed by atoms with Crippen LogP contribution in [0.3, 0.4) is 0 Å². The number of nitrogens with two attached hydrogens (primary N) is 1. The Balaban J connectivity index is 2.36. The molecule has 0 bridgehead atoms. The molecule has 0 radical (unpaired) electrons. The number of amides is 1. The smallest absolute Gasteiger partial charge is 0.354 e. The van der Waals surface area contributed by atoms with E-state index in [1.807, 2.05) is 0 Å². The summed E-state index contributed by atoms with van der Waals surface area (Å²) in [5.41, 5.74) is 6.28. The average Bonchev–Trinajstić information content (AvgIpc) is 2.34. The fourth-order valence-corrected chi connectivity index (χ4v) is 3.07. The first kappa shape index (κ1) is 11.4. The van der Waals surface area contributed by atoms with E-state index in [-0.39, 0.29) is 23.6 Å². The largest absolute Gasteiger partial charge is 0.464 e. The van der Waals surface area contributed by atoms with Gasteiger partial charge in [-0.1, -0.05) is 0 Å². The van der Waals surface area contributed by atoms with E-state index in [1.54, 1.807) is 0 Å². The van der Waals surface area contributed by atoms with Gasteiger partial charge in [-0.2, -0.15) is 0 Å². The normalized spacial score (nSPS) is 28.7. The van der Waals surface area contributed by atoms with Crippen LogP contribution in [-0.2, 0) is 14.3 Å². The molecule has 1 saturated heterocycles. The zero-order valence-corrected chi connectivity index (χ0v) is 9.49. The number of carbonyl (C=O) groups is 2. The van der Waals surface area contributed by atoms with Crippen LogP contribution in [0.25, 0.3) is 0 Å². The van der Waals surface area contributed by atoms with Crippen molar-refractivity contribution in [2.75, 3.05) is 19.5 Å². The Kier molecular flexibility index (Phi) is 2.92. The molecule has 1 amide bonds. The second kappa shape index (κ2) is 4.08. The van der Waals surface area contributed by atoms with Gasteiger partial charge in [-0.05, 0) is 5.57 Å². The van der Waals surface area contributed by atoms with Crippen molar-refractivity contribution in [3.8, 4) is 0 Å². The standard InChI is InChI=1S/C9H12N2O4S/c1-15-9(14)6-4(2-12)3-16-8-5(10)7(13)11(6)8/h5,8,12H,2-3,10H2,1H3/t5-,8-/m1/s1. The van der Waals surface area contributed by atoms with Crippen molar-refractivity contribution in [3.63, 3.8) is 0 Å². The fraction of sp³-hybridized carbons (Fsp3) is 0.556. The van der Waals surface area contributed by atoms with E-state index < -0.39 is 12.0 Å². The van der Waals surface area contributed by atoms with Crippen LogP contribution in [0.15, 0.2) is 11.3 Å². The molecule has 0 saturated carbocycles. The van der Waals surface area contributed by atoms with Crippen LogP contribution >= 0.6 is 11.8 Å². The van der Waals surface area contributed by atoms with E-state index >= 15 is 0 Å². The Labute approximate surface area is 96.4 Å². The number of methoxy groups -OCH3 is 1. The third kappa shape index (κ3) is 1.43. The van der Waals surface area contributed by atoms with Crippen LogP contribution < -0.4 is 5.73 Å². The van der Waals surface area contributed by atoms with Gasteiger partial charge in [0, 0.05) is 5.75 Å². The van der Waals surface area contributed by atoms with Gasteiger partial charge in [-0.3, -0.25) is 9.69 Å². The number of carbonyl (C=O) groups excluding carboxylic acids is 2. The molecule has 0 unspecified atom stereocenters. The summed E-state index contributed by atoms with van der Waals surface area (Å²) in [5.74, 6) is -0.415. The first-order valence-electron chi connectivity index (χ1n) is 4.73. The van der Waals surface area contributed by atoms with Gasteiger partial charge in [0.25, 0.3) is 0 Å². The van der Waals surface area contributed by atoms with Gasteiger partial charge in [0.05, 0.1) is 13.7 Å². The van der Waals surface area contributed by atoms with Crippen molar-refractivity contribution in [1.29, 1.82) is 0 Å². The topological polar surface area (TPSA) is 92.9 Å². The number of fused-ring (bicyclic) bond motifs is 1. The third-order valence-corrected chi connectivity index (χ3v) is 4.02. The Morgan fingerprint density at radius 2 is 2.44 bits per heavy atom. The zero-order valence-electron chi connectivity index (χ0n) is 8.67. The fourth-order valence-electron chi connectivity index (χ4n) is 1.79. The van der Waals surface area contributed by atoms with Gasteiger partial charge in [0.1, 0.15) is 17.1 Å². The van der Waals surface area contributed by atoms with Gasteiger partial charge in [-0.15, -0.1) is 11.8 Å². The second-order valence-electron chi connectivity index (χ2n) is 3.54. The zero-order chi connectivity index (χ0) is 11.9. The molecular weight excluding hydrogens is 232 g/mol. The molecule has 2 aliphatic heterocycles. The summed E-state index contributed by atoms with van der Waals surface area (Å²) in [6, 6.07) is -0.565. The summed E-state index contributed by atoms with van der Waals surface area (Å²) in [6.45, 7) is -0.261. The Morgan fingerprint density at radius 3 is 3.00 bits per heavy atom. The quantitative estimate of drug-likeness (QED) is 0.461. The summed E-state index contributed by atoms with van der Waals surface area (Å²) < 4.78 is 4.61. The number of nitrogens with zero attached hydrogens (tertiary/aromatic N) is 1. The monoisotopic (exact) mass is 244 g/mol. The lowest BCUT2D eigenvalue weighted by molar-refractivity contribution is -0.149. The lowest BCUT2D eigenvalue weighted by Crippen LogP contribution is -2.68. The molecule has 6 nitrogen and oxygen atoms in total. The Bertz CT molecular complexity index is 382. The summed E-state index contributed by atoms with van der Waals surface area (Å²) in [7, 11) is 1.24. The van der Waals surface area contributed by atoms with Gasteiger partial charge < -0.3 is 15.6 Å². The van der Waals surface area contributed by atoms with Crippen LogP contribution in [0.4, 0.5) is 0 Å². The van der Waals surface area contributed by atoms with Gasteiger partial charge >= 0.3 is 5.97 Å². The number of aliphatic hydroxyl groups is 1. The van der Waals surface area contributed by atoms with Crippen LogP contribution in [0, 0.1) is 0 Å². The van der Waals surface area contributed by atoms with Crippen LogP contribution in [0.2, 0.25) is 0 Å². The minimum absolute atomic E-state index is 0.153. The minimum atomic E-state index is -0.602. The molecule has 7 heteroatoms. The average molecular weight is 244 g/mol. The molecule has 0 aromatic rings. The number of ether oxygens (including phenoxy) is 1. The highest BCUT2D eigenvalue weighted by molar-refractivity contribution is 8.00.